The number of rotatable bonds is 5. The van der Waals surface area contributed by atoms with Gasteiger partial charge in [0, 0.05) is 22.7 Å². The van der Waals surface area contributed by atoms with Gasteiger partial charge in [0.25, 0.3) is 0 Å². The normalized spacial score (nSPS) is 13.8. The molecule has 1 aromatic rings. The lowest BCUT2D eigenvalue weighted by atomic mass is 10.3. The number of nitrogens with one attached hydrogen (secondary N) is 1. The number of halogens is 1. The highest BCUT2D eigenvalue weighted by Gasteiger charge is 2.18. The number of sulfonamides is 1. The molecule has 1 atom stereocenters. The average Bonchev–Trinajstić information content (AvgIpc) is 2.19. The van der Waals surface area contributed by atoms with E-state index in [2.05, 4.69) is 20.7 Å². The summed E-state index contributed by atoms with van der Waals surface area (Å²) in [5.41, 5.74) is 6.08. The van der Waals surface area contributed by atoms with Gasteiger partial charge in [-0.05, 0) is 55.1 Å². The standard InChI is InChI=1S/C11H18BrN3O2S/c1-8(7-15(2)3)14-18(16,17)9-4-5-10(12)11(13)6-9/h4-6,8,14H,7,13H2,1-3H3. The lowest BCUT2D eigenvalue weighted by Crippen LogP contribution is -2.39. The first-order valence-corrected chi connectivity index (χ1v) is 7.72. The molecule has 5 nitrogen and oxygen atoms in total. The van der Waals surface area contributed by atoms with Crippen LogP contribution in [0.1, 0.15) is 6.92 Å². The summed E-state index contributed by atoms with van der Waals surface area (Å²) in [4.78, 5) is 2.09. The molecule has 102 valence electrons. The van der Waals surface area contributed by atoms with Crippen molar-refractivity contribution in [3.05, 3.63) is 22.7 Å². The minimum Gasteiger partial charge on any atom is -0.398 e. The third-order valence-corrected chi connectivity index (χ3v) is 4.58. The summed E-state index contributed by atoms with van der Waals surface area (Å²) < 4.78 is 27.5. The molecule has 0 aliphatic heterocycles. The first kappa shape index (κ1) is 15.4. The fourth-order valence-electron chi connectivity index (χ4n) is 1.61. The molecule has 7 heteroatoms. The van der Waals surface area contributed by atoms with Crippen LogP contribution in [-0.4, -0.2) is 40.0 Å². The van der Waals surface area contributed by atoms with E-state index in [0.717, 1.165) is 0 Å². The van der Waals surface area contributed by atoms with E-state index in [1.807, 2.05) is 25.9 Å². The van der Waals surface area contributed by atoms with Crippen molar-refractivity contribution < 1.29 is 8.42 Å². The van der Waals surface area contributed by atoms with Gasteiger partial charge in [0.15, 0.2) is 0 Å². The van der Waals surface area contributed by atoms with Crippen LogP contribution in [0.25, 0.3) is 0 Å². The van der Waals surface area contributed by atoms with Crippen molar-refractivity contribution in [2.24, 2.45) is 0 Å². The van der Waals surface area contributed by atoms with E-state index in [0.29, 0.717) is 16.7 Å². The van der Waals surface area contributed by atoms with Crippen molar-refractivity contribution in [3.8, 4) is 0 Å². The van der Waals surface area contributed by atoms with Gasteiger partial charge in [0.05, 0.1) is 4.90 Å². The highest BCUT2D eigenvalue weighted by molar-refractivity contribution is 9.10. The lowest BCUT2D eigenvalue weighted by Gasteiger charge is -2.18. The molecule has 1 unspecified atom stereocenters. The summed E-state index contributed by atoms with van der Waals surface area (Å²) in [5, 5.41) is 0. The van der Waals surface area contributed by atoms with Crippen molar-refractivity contribution in [2.75, 3.05) is 26.4 Å². The largest absolute Gasteiger partial charge is 0.398 e. The van der Waals surface area contributed by atoms with Gasteiger partial charge in [0.2, 0.25) is 10.0 Å². The number of nitrogens with zero attached hydrogens (tertiary/aromatic N) is 1. The van der Waals surface area contributed by atoms with E-state index in [9.17, 15) is 8.42 Å². The van der Waals surface area contributed by atoms with Crippen LogP contribution in [0.3, 0.4) is 0 Å². The Morgan fingerprint density at radius 3 is 2.56 bits per heavy atom. The van der Waals surface area contributed by atoms with Crippen LogP contribution < -0.4 is 10.5 Å². The van der Waals surface area contributed by atoms with Crippen LogP contribution in [-0.2, 0) is 10.0 Å². The molecule has 0 saturated carbocycles. The maximum Gasteiger partial charge on any atom is 0.240 e. The van der Waals surface area contributed by atoms with Crippen LogP contribution in [0.2, 0.25) is 0 Å². The highest BCUT2D eigenvalue weighted by atomic mass is 79.9. The Kier molecular flexibility index (Phi) is 5.15. The number of nitrogen functional groups attached to an aromatic ring is 1. The number of hydrogen-bond donors (Lipinski definition) is 2. The van der Waals surface area contributed by atoms with Gasteiger partial charge in [-0.1, -0.05) is 0 Å². The summed E-state index contributed by atoms with van der Waals surface area (Å²) in [6.07, 6.45) is 0. The molecule has 18 heavy (non-hydrogen) atoms. The second-order valence-electron chi connectivity index (χ2n) is 4.47. The fourth-order valence-corrected chi connectivity index (χ4v) is 3.12. The Bertz CT molecular complexity index is 517. The zero-order valence-corrected chi connectivity index (χ0v) is 13.0. The molecule has 0 heterocycles. The maximum absolute atomic E-state index is 12.1. The molecule has 0 aliphatic rings. The van der Waals surface area contributed by atoms with Crippen molar-refractivity contribution >= 4 is 31.6 Å². The predicted octanol–water partition coefficient (Wildman–Crippen LogP) is 1.26. The third-order valence-electron chi connectivity index (χ3n) is 2.27. The van der Waals surface area contributed by atoms with Crippen LogP contribution in [0, 0.1) is 0 Å². The molecule has 3 N–H and O–H groups in total. The maximum atomic E-state index is 12.1. The Morgan fingerprint density at radius 1 is 1.44 bits per heavy atom. The SMILES string of the molecule is CC(CN(C)C)NS(=O)(=O)c1ccc(Br)c(N)c1. The summed E-state index contributed by atoms with van der Waals surface area (Å²) >= 11 is 3.23. The minimum absolute atomic E-state index is 0.171. The fraction of sp³-hybridized carbons (Fsp3) is 0.455. The number of benzene rings is 1. The van der Waals surface area contributed by atoms with E-state index in [-0.39, 0.29) is 10.9 Å². The number of likely N-dealkylation sites (N-methyl/N-ethyl adjacent to an activating group) is 1. The monoisotopic (exact) mass is 335 g/mol. The molecule has 0 bridgehead atoms. The van der Waals surface area contributed by atoms with Gasteiger partial charge in [-0.2, -0.15) is 0 Å². The zero-order valence-electron chi connectivity index (χ0n) is 10.6. The molecule has 1 aromatic carbocycles. The highest BCUT2D eigenvalue weighted by Crippen LogP contribution is 2.22. The van der Waals surface area contributed by atoms with Crippen LogP contribution in [0.15, 0.2) is 27.6 Å². The molecular weight excluding hydrogens is 318 g/mol. The molecule has 0 radical (unpaired) electrons. The van der Waals surface area contributed by atoms with Gasteiger partial charge in [0.1, 0.15) is 0 Å². The number of hydrogen-bond acceptors (Lipinski definition) is 4. The summed E-state index contributed by atoms with van der Waals surface area (Å²) in [5.74, 6) is 0. The van der Waals surface area contributed by atoms with Crippen molar-refractivity contribution in [3.63, 3.8) is 0 Å². The Labute approximate surface area is 117 Å². The molecule has 0 aliphatic carbocycles. The molecule has 1 rings (SSSR count). The van der Waals surface area contributed by atoms with Crippen molar-refractivity contribution in [1.82, 2.24) is 9.62 Å². The van der Waals surface area contributed by atoms with E-state index in [1.165, 1.54) is 12.1 Å². The number of nitrogens with two attached hydrogens (primary N) is 1. The Morgan fingerprint density at radius 2 is 2.06 bits per heavy atom. The van der Waals surface area contributed by atoms with E-state index in [4.69, 9.17) is 5.73 Å². The van der Waals surface area contributed by atoms with E-state index >= 15 is 0 Å². The van der Waals surface area contributed by atoms with Crippen molar-refractivity contribution in [1.29, 1.82) is 0 Å². The van der Waals surface area contributed by atoms with Gasteiger partial charge in [-0.15, -0.1) is 0 Å². The predicted molar refractivity (Wildman–Crippen MR) is 76.9 cm³/mol. The minimum atomic E-state index is -3.52. The van der Waals surface area contributed by atoms with Gasteiger partial charge >= 0.3 is 0 Å². The Balaban J connectivity index is 2.89. The first-order valence-electron chi connectivity index (χ1n) is 5.44. The molecule has 0 aromatic heterocycles. The molecule has 0 fully saturated rings. The van der Waals surface area contributed by atoms with E-state index in [1.54, 1.807) is 6.07 Å². The van der Waals surface area contributed by atoms with Crippen LogP contribution in [0.4, 0.5) is 5.69 Å². The second kappa shape index (κ2) is 6.01. The summed E-state index contributed by atoms with van der Waals surface area (Å²) in [7, 11) is 0.261. The van der Waals surface area contributed by atoms with Crippen LogP contribution >= 0.6 is 15.9 Å². The lowest BCUT2D eigenvalue weighted by molar-refractivity contribution is 0.370. The van der Waals surface area contributed by atoms with Crippen molar-refractivity contribution in [2.45, 2.75) is 17.9 Å². The molecule has 0 spiro atoms. The van der Waals surface area contributed by atoms with Gasteiger partial charge in [-0.25, -0.2) is 13.1 Å². The summed E-state index contributed by atoms with van der Waals surface area (Å²) in [6, 6.07) is 4.41. The van der Waals surface area contributed by atoms with E-state index < -0.39 is 10.0 Å². The summed E-state index contributed by atoms with van der Waals surface area (Å²) in [6.45, 7) is 2.45. The molecule has 0 saturated heterocycles. The molecule has 0 amide bonds. The smallest absolute Gasteiger partial charge is 0.240 e. The number of anilines is 1. The topological polar surface area (TPSA) is 75.4 Å². The molecular formula is C11H18BrN3O2S. The van der Waals surface area contributed by atoms with Gasteiger partial charge < -0.3 is 10.6 Å². The third kappa shape index (κ3) is 4.24. The zero-order chi connectivity index (χ0) is 13.9. The second-order valence-corrected chi connectivity index (χ2v) is 7.04. The Hall–Kier alpha value is -0.630. The van der Waals surface area contributed by atoms with Crippen LogP contribution in [0.5, 0.6) is 0 Å². The quantitative estimate of drug-likeness (QED) is 0.794. The van der Waals surface area contributed by atoms with Gasteiger partial charge in [-0.3, -0.25) is 0 Å². The average molecular weight is 336 g/mol. The first-order chi connectivity index (χ1) is 8.22.